The van der Waals surface area contributed by atoms with Crippen molar-refractivity contribution in [2.45, 2.75) is 32.2 Å². The summed E-state index contributed by atoms with van der Waals surface area (Å²) in [7, 11) is 0. The summed E-state index contributed by atoms with van der Waals surface area (Å²) in [6.45, 7) is 2.09. The second kappa shape index (κ2) is 7.04. The Morgan fingerprint density at radius 1 is 1.10 bits per heavy atom. The van der Waals surface area contributed by atoms with Crippen LogP contribution < -0.4 is 5.73 Å². The lowest BCUT2D eigenvalue weighted by atomic mass is 9.98. The van der Waals surface area contributed by atoms with Crippen LogP contribution in [0.25, 0.3) is 11.1 Å². The summed E-state index contributed by atoms with van der Waals surface area (Å²) < 4.78 is 0. The van der Waals surface area contributed by atoms with Crippen LogP contribution in [0.5, 0.6) is 0 Å². The van der Waals surface area contributed by atoms with Crippen LogP contribution in [0.1, 0.15) is 24.5 Å². The van der Waals surface area contributed by atoms with Gasteiger partial charge in [0.2, 0.25) is 0 Å². The van der Waals surface area contributed by atoms with E-state index in [-0.39, 0.29) is 12.5 Å². The summed E-state index contributed by atoms with van der Waals surface area (Å²) in [6, 6.07) is 16.2. The Hall–Kier alpha value is -2.13. The highest BCUT2D eigenvalue weighted by molar-refractivity contribution is 5.72. The van der Waals surface area contributed by atoms with Gasteiger partial charge >= 0.3 is 5.97 Å². The molecule has 0 aliphatic carbocycles. The number of nitrogens with two attached hydrogens (primary N) is 1. The van der Waals surface area contributed by atoms with Crippen molar-refractivity contribution in [3.05, 3.63) is 59.7 Å². The van der Waals surface area contributed by atoms with Crippen molar-refractivity contribution in [3.8, 4) is 11.1 Å². The van der Waals surface area contributed by atoms with E-state index < -0.39 is 5.97 Å². The van der Waals surface area contributed by atoms with Gasteiger partial charge < -0.3 is 10.8 Å². The van der Waals surface area contributed by atoms with Crippen LogP contribution in [0.3, 0.4) is 0 Å². The Labute approximate surface area is 125 Å². The van der Waals surface area contributed by atoms with E-state index in [1.165, 1.54) is 5.56 Å². The lowest BCUT2D eigenvalue weighted by Gasteiger charge is -2.10. The predicted molar refractivity (Wildman–Crippen MR) is 85.2 cm³/mol. The molecular weight excluding hydrogens is 262 g/mol. The summed E-state index contributed by atoms with van der Waals surface area (Å²) >= 11 is 0. The summed E-state index contributed by atoms with van der Waals surface area (Å²) in [6.07, 6.45) is 1.91. The van der Waals surface area contributed by atoms with Crippen LogP contribution in [0.2, 0.25) is 0 Å². The Morgan fingerprint density at radius 2 is 1.81 bits per heavy atom. The largest absolute Gasteiger partial charge is 0.481 e. The molecule has 0 bridgehead atoms. The number of carboxylic acid groups (broad SMARTS) is 1. The lowest BCUT2D eigenvalue weighted by Crippen LogP contribution is -2.21. The average Bonchev–Trinajstić information content (AvgIpc) is 2.47. The first-order valence-electron chi connectivity index (χ1n) is 7.24. The van der Waals surface area contributed by atoms with Crippen LogP contribution >= 0.6 is 0 Å². The smallest absolute Gasteiger partial charge is 0.307 e. The van der Waals surface area contributed by atoms with Crippen molar-refractivity contribution >= 4 is 5.97 Å². The molecule has 2 rings (SSSR count). The molecule has 0 saturated carbocycles. The molecular formula is C18H21NO2. The molecule has 0 fully saturated rings. The van der Waals surface area contributed by atoms with Crippen molar-refractivity contribution in [2.24, 2.45) is 5.73 Å². The maximum Gasteiger partial charge on any atom is 0.307 e. The maximum absolute atomic E-state index is 10.8. The molecule has 0 amide bonds. The van der Waals surface area contributed by atoms with E-state index in [9.17, 15) is 4.79 Å². The number of rotatable bonds is 6. The highest BCUT2D eigenvalue weighted by Crippen LogP contribution is 2.21. The highest BCUT2D eigenvalue weighted by Gasteiger charge is 2.05. The van der Waals surface area contributed by atoms with Gasteiger partial charge in [0.1, 0.15) is 0 Å². The zero-order chi connectivity index (χ0) is 15.2. The minimum Gasteiger partial charge on any atom is -0.481 e. The second-order valence-electron chi connectivity index (χ2n) is 5.34. The van der Waals surface area contributed by atoms with Gasteiger partial charge in [-0.3, -0.25) is 4.79 Å². The molecule has 0 aromatic heterocycles. The molecule has 3 N–H and O–H groups in total. The number of benzene rings is 2. The van der Waals surface area contributed by atoms with E-state index >= 15 is 0 Å². The van der Waals surface area contributed by atoms with Gasteiger partial charge in [-0.1, -0.05) is 55.5 Å². The van der Waals surface area contributed by atoms with Crippen LogP contribution in [0.4, 0.5) is 0 Å². The summed E-state index contributed by atoms with van der Waals surface area (Å²) in [5, 5.41) is 8.86. The molecule has 1 atom stereocenters. The van der Waals surface area contributed by atoms with Gasteiger partial charge in [-0.05, 0) is 35.1 Å². The van der Waals surface area contributed by atoms with Gasteiger partial charge in [0, 0.05) is 6.04 Å². The molecule has 110 valence electrons. The average molecular weight is 283 g/mol. The molecule has 0 heterocycles. The number of carboxylic acids is 1. The second-order valence-corrected chi connectivity index (χ2v) is 5.34. The van der Waals surface area contributed by atoms with Gasteiger partial charge in [0.05, 0.1) is 6.42 Å². The third kappa shape index (κ3) is 4.43. The van der Waals surface area contributed by atoms with E-state index in [0.717, 1.165) is 29.5 Å². The van der Waals surface area contributed by atoms with Crippen LogP contribution in [0.15, 0.2) is 48.5 Å². The van der Waals surface area contributed by atoms with Crippen molar-refractivity contribution in [1.29, 1.82) is 0 Å². The minimum absolute atomic E-state index is 0.0529. The van der Waals surface area contributed by atoms with Gasteiger partial charge in [0.25, 0.3) is 0 Å². The fourth-order valence-corrected chi connectivity index (χ4v) is 2.32. The molecule has 0 spiro atoms. The van der Waals surface area contributed by atoms with Gasteiger partial charge in [-0.2, -0.15) is 0 Å². The van der Waals surface area contributed by atoms with E-state index in [0.29, 0.717) is 0 Å². The van der Waals surface area contributed by atoms with Crippen molar-refractivity contribution in [2.75, 3.05) is 0 Å². The van der Waals surface area contributed by atoms with E-state index in [1.807, 2.05) is 24.3 Å². The van der Waals surface area contributed by atoms with Crippen LogP contribution in [-0.4, -0.2) is 17.1 Å². The molecule has 2 aromatic rings. The van der Waals surface area contributed by atoms with Crippen molar-refractivity contribution in [3.63, 3.8) is 0 Å². The summed E-state index contributed by atoms with van der Waals surface area (Å²) in [5.74, 6) is -0.809. The van der Waals surface area contributed by atoms with Crippen molar-refractivity contribution < 1.29 is 9.90 Å². The Balaban J connectivity index is 2.16. The fourth-order valence-electron chi connectivity index (χ4n) is 2.32. The fraction of sp³-hybridized carbons (Fsp3) is 0.278. The number of aliphatic carboxylic acids is 1. The molecule has 3 nitrogen and oxygen atoms in total. The number of hydrogen-bond donors (Lipinski definition) is 2. The van der Waals surface area contributed by atoms with Crippen molar-refractivity contribution in [1.82, 2.24) is 0 Å². The van der Waals surface area contributed by atoms with Crippen LogP contribution in [0, 0.1) is 0 Å². The molecule has 21 heavy (non-hydrogen) atoms. The first kappa shape index (κ1) is 15.3. The zero-order valence-electron chi connectivity index (χ0n) is 12.3. The summed E-state index contributed by atoms with van der Waals surface area (Å²) in [5.41, 5.74) is 10.1. The quantitative estimate of drug-likeness (QED) is 0.855. The Morgan fingerprint density at radius 3 is 2.43 bits per heavy atom. The van der Waals surface area contributed by atoms with Gasteiger partial charge in [-0.25, -0.2) is 0 Å². The minimum atomic E-state index is -0.809. The third-order valence-corrected chi connectivity index (χ3v) is 3.59. The first-order chi connectivity index (χ1) is 10.1. The Kier molecular flexibility index (Phi) is 5.12. The zero-order valence-corrected chi connectivity index (χ0v) is 12.3. The first-order valence-corrected chi connectivity index (χ1v) is 7.24. The standard InChI is InChI=1S/C18H21NO2/c1-2-17(19)11-13-6-8-15(9-7-13)16-5-3-4-14(10-16)12-18(20)21/h3-10,17H,2,11-12,19H2,1H3,(H,20,21). The molecule has 1 unspecified atom stereocenters. The third-order valence-electron chi connectivity index (χ3n) is 3.59. The monoisotopic (exact) mass is 283 g/mol. The van der Waals surface area contributed by atoms with Crippen LogP contribution in [-0.2, 0) is 17.6 Å². The molecule has 0 aliphatic rings. The Bertz CT molecular complexity index is 605. The molecule has 0 radical (unpaired) electrons. The van der Waals surface area contributed by atoms with Gasteiger partial charge in [-0.15, -0.1) is 0 Å². The molecule has 0 aliphatic heterocycles. The summed E-state index contributed by atoms with van der Waals surface area (Å²) in [4.78, 5) is 10.8. The topological polar surface area (TPSA) is 63.3 Å². The number of carbonyl (C=O) groups is 1. The highest BCUT2D eigenvalue weighted by atomic mass is 16.4. The maximum atomic E-state index is 10.8. The molecule has 0 saturated heterocycles. The number of hydrogen-bond acceptors (Lipinski definition) is 2. The van der Waals surface area contributed by atoms with E-state index in [2.05, 4.69) is 31.2 Å². The lowest BCUT2D eigenvalue weighted by molar-refractivity contribution is -0.136. The normalized spacial score (nSPS) is 12.1. The van der Waals surface area contributed by atoms with Gasteiger partial charge in [0.15, 0.2) is 0 Å². The molecule has 2 aromatic carbocycles. The van der Waals surface area contributed by atoms with E-state index in [4.69, 9.17) is 10.8 Å². The SMILES string of the molecule is CCC(N)Cc1ccc(-c2cccc(CC(=O)O)c2)cc1. The predicted octanol–water partition coefficient (Wildman–Crippen LogP) is 3.26. The molecule has 3 heteroatoms. The van der Waals surface area contributed by atoms with E-state index in [1.54, 1.807) is 0 Å².